The second-order valence-electron chi connectivity index (χ2n) is 3.07. The number of halogens is 5. The quantitative estimate of drug-likeness (QED) is 0.886. The van der Waals surface area contributed by atoms with Gasteiger partial charge in [-0.15, -0.1) is 0 Å². The number of aliphatic hydroxyl groups is 1. The van der Waals surface area contributed by atoms with E-state index in [9.17, 15) is 13.2 Å². The van der Waals surface area contributed by atoms with Gasteiger partial charge in [0, 0.05) is 12.2 Å². The first-order valence-electron chi connectivity index (χ1n) is 4.24. The zero-order chi connectivity index (χ0) is 12.3. The standard InChI is InChI=1S/C9H8Cl2F3NO/c10-6-2-1-5(3-7(6)11)15-4-8(16)9(12,13)14/h1-3,8,15-16H,4H2. The monoisotopic (exact) mass is 273 g/mol. The highest BCUT2D eigenvalue weighted by Gasteiger charge is 2.37. The zero-order valence-electron chi connectivity index (χ0n) is 7.85. The van der Waals surface area contributed by atoms with Gasteiger partial charge in [-0.25, -0.2) is 0 Å². The molecule has 1 unspecified atom stereocenters. The van der Waals surface area contributed by atoms with Crippen molar-refractivity contribution >= 4 is 28.9 Å². The van der Waals surface area contributed by atoms with Gasteiger partial charge in [0.1, 0.15) is 0 Å². The summed E-state index contributed by atoms with van der Waals surface area (Å²) in [7, 11) is 0. The first kappa shape index (κ1) is 13.4. The van der Waals surface area contributed by atoms with Gasteiger partial charge >= 0.3 is 6.18 Å². The van der Waals surface area contributed by atoms with Gasteiger partial charge in [0.25, 0.3) is 0 Å². The average molecular weight is 274 g/mol. The molecule has 0 saturated heterocycles. The number of benzene rings is 1. The number of hydrogen-bond acceptors (Lipinski definition) is 2. The van der Waals surface area contributed by atoms with Gasteiger partial charge in [0.15, 0.2) is 6.10 Å². The third-order valence-electron chi connectivity index (χ3n) is 1.80. The fraction of sp³-hybridized carbons (Fsp3) is 0.333. The molecule has 0 aliphatic heterocycles. The largest absolute Gasteiger partial charge is 0.416 e. The molecule has 0 amide bonds. The third-order valence-corrected chi connectivity index (χ3v) is 2.54. The Balaban J connectivity index is 2.58. The third kappa shape index (κ3) is 3.73. The predicted molar refractivity (Wildman–Crippen MR) is 57.0 cm³/mol. The van der Waals surface area contributed by atoms with Crippen LogP contribution in [0.4, 0.5) is 18.9 Å². The fourth-order valence-electron chi connectivity index (χ4n) is 0.936. The van der Waals surface area contributed by atoms with Crippen molar-refractivity contribution in [1.82, 2.24) is 0 Å². The molecule has 0 aromatic heterocycles. The van der Waals surface area contributed by atoms with E-state index in [0.29, 0.717) is 10.7 Å². The summed E-state index contributed by atoms with van der Waals surface area (Å²) in [4.78, 5) is 0. The fourth-order valence-corrected chi connectivity index (χ4v) is 1.23. The SMILES string of the molecule is OC(CNc1ccc(Cl)c(Cl)c1)C(F)(F)F. The molecule has 1 atom stereocenters. The molecule has 0 spiro atoms. The Morgan fingerprint density at radius 2 is 1.88 bits per heavy atom. The number of alkyl halides is 3. The Kier molecular flexibility index (Phi) is 4.29. The van der Waals surface area contributed by atoms with Crippen LogP contribution in [0.3, 0.4) is 0 Å². The molecular formula is C9H8Cl2F3NO. The van der Waals surface area contributed by atoms with Crippen LogP contribution in [0.5, 0.6) is 0 Å². The molecule has 0 aliphatic carbocycles. The van der Waals surface area contributed by atoms with Gasteiger partial charge in [0.05, 0.1) is 10.0 Å². The van der Waals surface area contributed by atoms with E-state index in [1.165, 1.54) is 18.2 Å². The summed E-state index contributed by atoms with van der Waals surface area (Å²) in [6.45, 7) is -0.637. The topological polar surface area (TPSA) is 32.3 Å². The number of hydrogen-bond donors (Lipinski definition) is 2. The van der Waals surface area contributed by atoms with Crippen LogP contribution in [0, 0.1) is 0 Å². The summed E-state index contributed by atoms with van der Waals surface area (Å²) in [6.07, 6.45) is -7.05. The van der Waals surface area contributed by atoms with Crippen LogP contribution in [-0.2, 0) is 0 Å². The number of rotatable bonds is 3. The van der Waals surface area contributed by atoms with Gasteiger partial charge in [-0.1, -0.05) is 23.2 Å². The maximum absolute atomic E-state index is 12.0. The van der Waals surface area contributed by atoms with Gasteiger partial charge in [-0.05, 0) is 18.2 Å². The van der Waals surface area contributed by atoms with E-state index in [0.717, 1.165) is 0 Å². The number of nitrogens with one attached hydrogen (secondary N) is 1. The lowest BCUT2D eigenvalue weighted by Gasteiger charge is -2.15. The van der Waals surface area contributed by atoms with Crippen molar-refractivity contribution in [3.8, 4) is 0 Å². The molecule has 0 saturated carbocycles. The number of aliphatic hydroxyl groups excluding tert-OH is 1. The van der Waals surface area contributed by atoms with Crippen LogP contribution in [0.2, 0.25) is 10.0 Å². The van der Waals surface area contributed by atoms with Crippen LogP contribution in [0.15, 0.2) is 18.2 Å². The van der Waals surface area contributed by atoms with Crippen LogP contribution < -0.4 is 5.32 Å². The van der Waals surface area contributed by atoms with Gasteiger partial charge < -0.3 is 10.4 Å². The average Bonchev–Trinajstić information content (AvgIpc) is 2.18. The van der Waals surface area contributed by atoms with Gasteiger partial charge in [0.2, 0.25) is 0 Å². The summed E-state index contributed by atoms with van der Waals surface area (Å²) >= 11 is 11.3. The van der Waals surface area contributed by atoms with Crippen molar-refractivity contribution in [3.63, 3.8) is 0 Å². The smallest absolute Gasteiger partial charge is 0.382 e. The summed E-state index contributed by atoms with van der Waals surface area (Å²) in [5.41, 5.74) is 0.359. The zero-order valence-corrected chi connectivity index (χ0v) is 9.37. The van der Waals surface area contributed by atoms with Crippen LogP contribution in [0.1, 0.15) is 0 Å². The Morgan fingerprint density at radius 3 is 2.38 bits per heavy atom. The molecule has 1 aromatic carbocycles. The summed E-state index contributed by atoms with van der Waals surface area (Å²) in [6, 6.07) is 4.30. The number of anilines is 1. The summed E-state index contributed by atoms with van der Waals surface area (Å²) in [5.74, 6) is 0. The second kappa shape index (κ2) is 5.12. The molecular weight excluding hydrogens is 266 g/mol. The van der Waals surface area contributed by atoms with E-state index >= 15 is 0 Å². The van der Waals surface area contributed by atoms with Crippen molar-refractivity contribution in [1.29, 1.82) is 0 Å². The van der Waals surface area contributed by atoms with Crippen molar-refractivity contribution in [2.75, 3.05) is 11.9 Å². The predicted octanol–water partition coefficient (Wildman–Crippen LogP) is 3.33. The van der Waals surface area contributed by atoms with Crippen LogP contribution in [-0.4, -0.2) is 23.9 Å². The molecule has 16 heavy (non-hydrogen) atoms. The van der Waals surface area contributed by atoms with E-state index in [2.05, 4.69) is 5.32 Å². The van der Waals surface area contributed by atoms with E-state index < -0.39 is 18.8 Å². The van der Waals surface area contributed by atoms with Crippen LogP contribution >= 0.6 is 23.2 Å². The highest BCUT2D eigenvalue weighted by atomic mass is 35.5. The lowest BCUT2D eigenvalue weighted by Crippen LogP contribution is -2.34. The van der Waals surface area contributed by atoms with E-state index in [4.69, 9.17) is 28.3 Å². The minimum Gasteiger partial charge on any atom is -0.382 e. The minimum atomic E-state index is -4.64. The van der Waals surface area contributed by atoms with E-state index in [1.54, 1.807) is 0 Å². The molecule has 1 rings (SSSR count). The lowest BCUT2D eigenvalue weighted by molar-refractivity contribution is -0.198. The molecule has 0 aliphatic rings. The maximum atomic E-state index is 12.0. The molecule has 90 valence electrons. The van der Waals surface area contributed by atoms with Crippen molar-refractivity contribution in [3.05, 3.63) is 28.2 Å². The first-order valence-corrected chi connectivity index (χ1v) is 5.00. The van der Waals surface area contributed by atoms with E-state index in [1.807, 2.05) is 0 Å². The van der Waals surface area contributed by atoms with Crippen molar-refractivity contribution < 1.29 is 18.3 Å². The van der Waals surface area contributed by atoms with Crippen LogP contribution in [0.25, 0.3) is 0 Å². The second-order valence-corrected chi connectivity index (χ2v) is 3.88. The molecule has 2 N–H and O–H groups in total. The highest BCUT2D eigenvalue weighted by Crippen LogP contribution is 2.26. The van der Waals surface area contributed by atoms with E-state index in [-0.39, 0.29) is 5.02 Å². The Bertz CT molecular complexity index is 370. The van der Waals surface area contributed by atoms with Crippen molar-refractivity contribution in [2.45, 2.75) is 12.3 Å². The minimum absolute atomic E-state index is 0.230. The van der Waals surface area contributed by atoms with Gasteiger partial charge in [-0.2, -0.15) is 13.2 Å². The summed E-state index contributed by atoms with van der Waals surface area (Å²) < 4.78 is 35.9. The van der Waals surface area contributed by atoms with Crippen molar-refractivity contribution in [2.24, 2.45) is 0 Å². The highest BCUT2D eigenvalue weighted by molar-refractivity contribution is 6.42. The normalized spacial score (nSPS) is 13.6. The molecule has 0 fully saturated rings. The molecule has 2 nitrogen and oxygen atoms in total. The Labute approximate surface area is 100.0 Å². The summed E-state index contributed by atoms with van der Waals surface area (Å²) in [5, 5.41) is 11.7. The molecule has 0 heterocycles. The Hall–Kier alpha value is -0.650. The lowest BCUT2D eigenvalue weighted by atomic mass is 10.3. The molecule has 0 bridgehead atoms. The molecule has 0 radical (unpaired) electrons. The van der Waals surface area contributed by atoms with Gasteiger partial charge in [-0.3, -0.25) is 0 Å². The molecule has 1 aromatic rings. The maximum Gasteiger partial charge on any atom is 0.416 e. The first-order chi connectivity index (χ1) is 7.30. The molecule has 7 heteroatoms. The Morgan fingerprint density at radius 1 is 1.25 bits per heavy atom.